The van der Waals surface area contributed by atoms with Crippen LogP contribution in [0.3, 0.4) is 0 Å². The molecule has 0 atom stereocenters. The third kappa shape index (κ3) is 3.11. The van der Waals surface area contributed by atoms with Gasteiger partial charge in [0.1, 0.15) is 5.60 Å². The zero-order valence-corrected chi connectivity index (χ0v) is 12.9. The smallest absolute Gasteiger partial charge is 0.410 e. The highest BCUT2D eigenvalue weighted by atomic mass is 31.2. The lowest BCUT2D eigenvalue weighted by atomic mass is 9.90. The lowest BCUT2D eigenvalue weighted by Crippen LogP contribution is -2.46. The first kappa shape index (κ1) is 15.3. The Morgan fingerprint density at radius 2 is 1.81 bits per heavy atom. The SMILES string of the molecule is O=C1OC2(CCNCC2)CN1C1CCC(P(=O)(O)O)CC1. The summed E-state index contributed by atoms with van der Waals surface area (Å²) < 4.78 is 16.9. The maximum Gasteiger partial charge on any atom is 0.410 e. The standard InChI is InChI=1S/C13H23N2O5P/c16-12-15(9-13(20-12)5-7-14-8-6-13)10-1-3-11(4-2-10)21(17,18)19/h10-11,14H,1-9H2,(H2,17,18,19). The van der Waals surface area contributed by atoms with E-state index in [2.05, 4.69) is 5.32 Å². The van der Waals surface area contributed by atoms with Crippen molar-refractivity contribution >= 4 is 13.7 Å². The van der Waals surface area contributed by atoms with Crippen LogP contribution in [-0.4, -0.2) is 57.7 Å². The monoisotopic (exact) mass is 318 g/mol. The number of carbonyl (C=O) groups is 1. The Morgan fingerprint density at radius 1 is 1.19 bits per heavy atom. The molecule has 3 aliphatic rings. The normalized spacial score (nSPS) is 33.2. The van der Waals surface area contributed by atoms with Crippen molar-refractivity contribution in [3.8, 4) is 0 Å². The molecule has 2 saturated heterocycles. The van der Waals surface area contributed by atoms with Gasteiger partial charge in [-0.15, -0.1) is 0 Å². The van der Waals surface area contributed by atoms with Gasteiger partial charge in [-0.05, 0) is 38.8 Å². The number of nitrogens with zero attached hydrogens (tertiary/aromatic N) is 1. The van der Waals surface area contributed by atoms with Gasteiger partial charge in [-0.1, -0.05) is 0 Å². The second-order valence-electron chi connectivity index (χ2n) is 6.48. The van der Waals surface area contributed by atoms with E-state index in [1.54, 1.807) is 4.90 Å². The summed E-state index contributed by atoms with van der Waals surface area (Å²) in [4.78, 5) is 32.4. The molecule has 8 heteroatoms. The fourth-order valence-corrected chi connectivity index (χ4v) is 4.75. The van der Waals surface area contributed by atoms with Gasteiger partial charge in [-0.25, -0.2) is 4.79 Å². The van der Waals surface area contributed by atoms with Crippen molar-refractivity contribution in [2.45, 2.75) is 55.8 Å². The fourth-order valence-electron chi connectivity index (χ4n) is 3.78. The van der Waals surface area contributed by atoms with Crippen molar-refractivity contribution in [3.05, 3.63) is 0 Å². The molecule has 120 valence electrons. The van der Waals surface area contributed by atoms with Crippen LogP contribution in [0.15, 0.2) is 0 Å². The zero-order chi connectivity index (χ0) is 15.1. The van der Waals surface area contributed by atoms with Crippen LogP contribution in [0.4, 0.5) is 4.79 Å². The Hall–Kier alpha value is -0.620. The molecular formula is C13H23N2O5P. The minimum atomic E-state index is -3.99. The molecule has 0 unspecified atom stereocenters. The minimum absolute atomic E-state index is 0.0644. The van der Waals surface area contributed by atoms with E-state index < -0.39 is 13.3 Å². The Labute approximate surface area is 124 Å². The molecule has 21 heavy (non-hydrogen) atoms. The van der Waals surface area contributed by atoms with Gasteiger partial charge in [0, 0.05) is 18.9 Å². The number of hydrogen-bond donors (Lipinski definition) is 3. The molecule has 1 aliphatic carbocycles. The number of carbonyl (C=O) groups excluding carboxylic acids is 1. The minimum Gasteiger partial charge on any atom is -0.441 e. The molecule has 1 amide bonds. The van der Waals surface area contributed by atoms with Gasteiger partial charge in [0.25, 0.3) is 0 Å². The first-order valence-corrected chi connectivity index (χ1v) is 9.33. The molecule has 3 rings (SSSR count). The number of hydrogen-bond acceptors (Lipinski definition) is 4. The molecule has 2 aliphatic heterocycles. The summed E-state index contributed by atoms with van der Waals surface area (Å²) in [5, 5.41) is 3.27. The van der Waals surface area contributed by atoms with Gasteiger partial charge >= 0.3 is 13.7 Å². The van der Waals surface area contributed by atoms with Gasteiger partial charge in [-0.3, -0.25) is 4.57 Å². The van der Waals surface area contributed by atoms with Gasteiger partial charge < -0.3 is 24.7 Å². The highest BCUT2D eigenvalue weighted by molar-refractivity contribution is 7.52. The highest BCUT2D eigenvalue weighted by Gasteiger charge is 2.48. The average Bonchev–Trinajstić information content (AvgIpc) is 2.75. The average molecular weight is 318 g/mol. The summed E-state index contributed by atoms with van der Waals surface area (Å²) in [6.45, 7) is 2.36. The van der Waals surface area contributed by atoms with Crippen LogP contribution in [0.2, 0.25) is 0 Å². The van der Waals surface area contributed by atoms with Crippen molar-refractivity contribution < 1.29 is 23.9 Å². The highest BCUT2D eigenvalue weighted by Crippen LogP contribution is 2.49. The van der Waals surface area contributed by atoms with E-state index >= 15 is 0 Å². The predicted molar refractivity (Wildman–Crippen MR) is 76.1 cm³/mol. The zero-order valence-electron chi connectivity index (χ0n) is 12.0. The number of piperidine rings is 1. The lowest BCUT2D eigenvalue weighted by molar-refractivity contribution is 0.0316. The molecule has 1 saturated carbocycles. The molecule has 2 heterocycles. The summed E-state index contributed by atoms with van der Waals surface area (Å²) >= 11 is 0. The van der Waals surface area contributed by atoms with E-state index in [9.17, 15) is 19.1 Å². The number of rotatable bonds is 2. The Kier molecular flexibility index (Phi) is 4.03. The van der Waals surface area contributed by atoms with Crippen LogP contribution in [0, 0.1) is 0 Å². The predicted octanol–water partition coefficient (Wildman–Crippen LogP) is 1.05. The third-order valence-electron chi connectivity index (χ3n) is 5.09. The number of ether oxygens (including phenoxy) is 1. The van der Waals surface area contributed by atoms with Crippen LogP contribution in [0.25, 0.3) is 0 Å². The van der Waals surface area contributed by atoms with E-state index in [1.165, 1.54) is 0 Å². The molecule has 3 N–H and O–H groups in total. The quantitative estimate of drug-likeness (QED) is 0.658. The number of amides is 1. The van der Waals surface area contributed by atoms with Gasteiger partial charge in [0.05, 0.1) is 12.2 Å². The molecule has 0 radical (unpaired) electrons. The Balaban J connectivity index is 1.61. The van der Waals surface area contributed by atoms with E-state index in [-0.39, 0.29) is 17.7 Å². The Bertz CT molecular complexity index is 451. The molecule has 0 aromatic rings. The van der Waals surface area contributed by atoms with Crippen LogP contribution in [-0.2, 0) is 9.30 Å². The summed E-state index contributed by atoms with van der Waals surface area (Å²) in [7, 11) is -3.99. The maximum absolute atomic E-state index is 12.2. The van der Waals surface area contributed by atoms with Crippen molar-refractivity contribution in [1.29, 1.82) is 0 Å². The van der Waals surface area contributed by atoms with Crippen molar-refractivity contribution in [2.24, 2.45) is 0 Å². The van der Waals surface area contributed by atoms with Gasteiger partial charge in [-0.2, -0.15) is 0 Å². The molecule has 0 aromatic heterocycles. The fraction of sp³-hybridized carbons (Fsp3) is 0.923. The molecule has 3 fully saturated rings. The lowest BCUT2D eigenvalue weighted by Gasteiger charge is -2.35. The largest absolute Gasteiger partial charge is 0.441 e. The van der Waals surface area contributed by atoms with E-state index in [4.69, 9.17) is 4.74 Å². The second-order valence-corrected chi connectivity index (χ2v) is 8.39. The van der Waals surface area contributed by atoms with Crippen LogP contribution in [0.1, 0.15) is 38.5 Å². The molecule has 0 aromatic carbocycles. The van der Waals surface area contributed by atoms with Crippen molar-refractivity contribution in [3.63, 3.8) is 0 Å². The summed E-state index contributed by atoms with van der Waals surface area (Å²) in [5.74, 6) is 0. The van der Waals surface area contributed by atoms with Gasteiger partial charge in [0.15, 0.2) is 0 Å². The topological polar surface area (TPSA) is 99.1 Å². The van der Waals surface area contributed by atoms with Crippen molar-refractivity contribution in [1.82, 2.24) is 10.2 Å². The Morgan fingerprint density at radius 3 is 2.38 bits per heavy atom. The van der Waals surface area contributed by atoms with Crippen LogP contribution >= 0.6 is 7.60 Å². The first-order valence-electron chi connectivity index (χ1n) is 7.65. The van der Waals surface area contributed by atoms with Crippen LogP contribution in [0.5, 0.6) is 0 Å². The van der Waals surface area contributed by atoms with E-state index in [1.807, 2.05) is 0 Å². The molecule has 1 spiro atoms. The van der Waals surface area contributed by atoms with Gasteiger partial charge in [0.2, 0.25) is 0 Å². The molecular weight excluding hydrogens is 295 g/mol. The summed E-state index contributed by atoms with van der Waals surface area (Å²) in [6, 6.07) is 0.0644. The molecule has 0 bridgehead atoms. The van der Waals surface area contributed by atoms with Crippen molar-refractivity contribution in [2.75, 3.05) is 19.6 Å². The summed E-state index contributed by atoms with van der Waals surface area (Å²) in [6.07, 6.45) is 3.69. The summed E-state index contributed by atoms with van der Waals surface area (Å²) in [5.41, 5.74) is -0.886. The molecule has 7 nitrogen and oxygen atoms in total. The first-order chi connectivity index (χ1) is 9.90. The third-order valence-corrected chi connectivity index (χ3v) is 6.56. The number of nitrogens with one attached hydrogen (secondary N) is 1. The maximum atomic E-state index is 12.2. The van der Waals surface area contributed by atoms with E-state index in [0.29, 0.717) is 32.2 Å². The van der Waals surface area contributed by atoms with Crippen LogP contribution < -0.4 is 5.32 Å². The second kappa shape index (κ2) is 5.54. The van der Waals surface area contributed by atoms with E-state index in [0.717, 1.165) is 25.9 Å².